The fourth-order valence-electron chi connectivity index (χ4n) is 1.30. The average molecular weight is 279 g/mol. The van der Waals surface area contributed by atoms with E-state index in [1.165, 1.54) is 11.3 Å². The second-order valence-corrected chi connectivity index (χ2v) is 6.55. The van der Waals surface area contributed by atoms with Crippen molar-refractivity contribution in [3.8, 4) is 11.8 Å². The predicted molar refractivity (Wildman–Crippen MR) is 79.2 cm³/mol. The number of hydrogen-bond acceptors (Lipinski definition) is 3. The summed E-state index contributed by atoms with van der Waals surface area (Å²) in [6, 6.07) is 1.75. The minimum atomic E-state index is -0.164. The van der Waals surface area contributed by atoms with Crippen molar-refractivity contribution in [3.05, 3.63) is 21.9 Å². The maximum Gasteiger partial charge on any atom is 0.252 e. The summed E-state index contributed by atoms with van der Waals surface area (Å²) in [7, 11) is 0. The van der Waals surface area contributed by atoms with E-state index in [2.05, 4.69) is 44.9 Å². The Hall–Kier alpha value is -1.31. The minimum Gasteiger partial charge on any atom is -0.384 e. The van der Waals surface area contributed by atoms with Crippen LogP contribution in [0.2, 0.25) is 0 Å². The fraction of sp³-hybridized carbons (Fsp3) is 0.533. The van der Waals surface area contributed by atoms with Crippen molar-refractivity contribution < 1.29 is 9.90 Å². The Bertz CT molecular complexity index is 488. The van der Waals surface area contributed by atoms with Crippen LogP contribution < -0.4 is 5.32 Å². The molecule has 1 unspecified atom stereocenters. The molecular weight excluding hydrogens is 258 g/mol. The van der Waals surface area contributed by atoms with Crippen molar-refractivity contribution in [2.75, 3.05) is 13.2 Å². The third-order valence-corrected chi connectivity index (χ3v) is 4.05. The van der Waals surface area contributed by atoms with Gasteiger partial charge in [-0.2, -0.15) is 0 Å². The summed E-state index contributed by atoms with van der Waals surface area (Å²) in [5.41, 5.74) is 0.813. The molecule has 0 spiro atoms. The number of rotatable bonds is 3. The van der Waals surface area contributed by atoms with E-state index >= 15 is 0 Å². The quantitative estimate of drug-likeness (QED) is 0.835. The number of thiophene rings is 1. The molecule has 3 nitrogen and oxygen atoms in total. The molecule has 1 aromatic heterocycles. The molecule has 0 radical (unpaired) electrons. The van der Waals surface area contributed by atoms with Crippen LogP contribution in [0, 0.1) is 23.2 Å². The van der Waals surface area contributed by atoms with E-state index in [4.69, 9.17) is 5.11 Å². The van der Waals surface area contributed by atoms with Gasteiger partial charge in [0.1, 0.15) is 6.61 Å². The van der Waals surface area contributed by atoms with Gasteiger partial charge in [-0.05, 0) is 17.4 Å². The van der Waals surface area contributed by atoms with Gasteiger partial charge in [0.2, 0.25) is 0 Å². The van der Waals surface area contributed by atoms with Gasteiger partial charge in [-0.3, -0.25) is 4.79 Å². The zero-order valence-corrected chi connectivity index (χ0v) is 12.7. The lowest BCUT2D eigenvalue weighted by molar-refractivity contribution is 0.0937. The number of carbonyl (C=O) groups excluding carboxylic acids is 1. The van der Waals surface area contributed by atoms with Gasteiger partial charge in [-0.1, -0.05) is 39.5 Å². The summed E-state index contributed by atoms with van der Waals surface area (Å²) in [6.07, 6.45) is 0. The lowest BCUT2D eigenvalue weighted by Crippen LogP contribution is -2.33. The second kappa shape index (κ2) is 6.74. The summed E-state index contributed by atoms with van der Waals surface area (Å²) in [4.78, 5) is 12.8. The lowest BCUT2D eigenvalue weighted by Gasteiger charge is -2.27. The molecule has 19 heavy (non-hydrogen) atoms. The normalized spacial score (nSPS) is 12.5. The van der Waals surface area contributed by atoms with Crippen LogP contribution in [0.25, 0.3) is 0 Å². The molecule has 1 amide bonds. The maximum absolute atomic E-state index is 12.0. The van der Waals surface area contributed by atoms with Crippen molar-refractivity contribution in [1.82, 2.24) is 5.32 Å². The molecule has 1 aromatic rings. The van der Waals surface area contributed by atoms with E-state index in [0.717, 1.165) is 4.88 Å². The first-order chi connectivity index (χ1) is 8.84. The first-order valence-electron chi connectivity index (χ1n) is 6.31. The molecule has 4 heteroatoms. The van der Waals surface area contributed by atoms with Gasteiger partial charge < -0.3 is 10.4 Å². The molecular formula is C15H21NO2S. The first-order valence-corrected chi connectivity index (χ1v) is 7.19. The number of hydrogen-bond donors (Lipinski definition) is 2. The summed E-state index contributed by atoms with van der Waals surface area (Å²) in [5.74, 6) is 5.71. The zero-order valence-electron chi connectivity index (χ0n) is 11.9. The van der Waals surface area contributed by atoms with Crippen molar-refractivity contribution in [1.29, 1.82) is 0 Å². The third-order valence-electron chi connectivity index (χ3n) is 3.20. The van der Waals surface area contributed by atoms with Crippen LogP contribution in [0.3, 0.4) is 0 Å². The van der Waals surface area contributed by atoms with E-state index in [9.17, 15) is 4.79 Å². The second-order valence-electron chi connectivity index (χ2n) is 5.64. The highest BCUT2D eigenvalue weighted by molar-refractivity contribution is 7.10. The van der Waals surface area contributed by atoms with Gasteiger partial charge in [0, 0.05) is 11.9 Å². The van der Waals surface area contributed by atoms with Crippen molar-refractivity contribution in [2.45, 2.75) is 27.7 Å². The van der Waals surface area contributed by atoms with Crippen molar-refractivity contribution in [3.63, 3.8) is 0 Å². The molecule has 1 atom stereocenters. The largest absolute Gasteiger partial charge is 0.384 e. The molecule has 0 aromatic carbocycles. The minimum absolute atomic E-state index is 0.0654. The smallest absolute Gasteiger partial charge is 0.252 e. The molecule has 0 fully saturated rings. The zero-order chi connectivity index (χ0) is 14.5. The molecule has 1 heterocycles. The predicted octanol–water partition coefficient (Wildman–Crippen LogP) is 2.50. The van der Waals surface area contributed by atoms with Crippen LogP contribution in [0.15, 0.2) is 11.4 Å². The third kappa shape index (κ3) is 5.06. The Kier molecular flexibility index (Phi) is 5.59. The molecule has 0 bridgehead atoms. The van der Waals surface area contributed by atoms with E-state index in [1.54, 1.807) is 11.4 Å². The molecule has 2 N–H and O–H groups in total. The van der Waals surface area contributed by atoms with Crippen LogP contribution in [0.4, 0.5) is 0 Å². The van der Waals surface area contributed by atoms with Gasteiger partial charge in [0.05, 0.1) is 10.4 Å². The van der Waals surface area contributed by atoms with Gasteiger partial charge in [-0.15, -0.1) is 11.3 Å². The highest BCUT2D eigenvalue weighted by atomic mass is 32.1. The highest BCUT2D eigenvalue weighted by Crippen LogP contribution is 2.24. The van der Waals surface area contributed by atoms with E-state index in [-0.39, 0.29) is 17.9 Å². The number of carbonyl (C=O) groups is 1. The molecule has 0 aliphatic heterocycles. The van der Waals surface area contributed by atoms with E-state index in [1.807, 2.05) is 0 Å². The summed E-state index contributed by atoms with van der Waals surface area (Å²) in [6.45, 7) is 9.12. The number of amides is 1. The van der Waals surface area contributed by atoms with Gasteiger partial charge in [-0.25, -0.2) is 0 Å². The van der Waals surface area contributed by atoms with Crippen molar-refractivity contribution >= 4 is 17.2 Å². The Morgan fingerprint density at radius 3 is 2.79 bits per heavy atom. The first kappa shape index (κ1) is 15.7. The van der Waals surface area contributed by atoms with Crippen LogP contribution in [-0.4, -0.2) is 24.2 Å². The lowest BCUT2D eigenvalue weighted by atomic mass is 9.82. The van der Waals surface area contributed by atoms with Gasteiger partial charge in [0.25, 0.3) is 5.91 Å². The topological polar surface area (TPSA) is 49.3 Å². The van der Waals surface area contributed by atoms with E-state index < -0.39 is 0 Å². The Morgan fingerprint density at radius 1 is 1.53 bits per heavy atom. The van der Waals surface area contributed by atoms with E-state index in [0.29, 0.717) is 18.0 Å². The van der Waals surface area contributed by atoms with Gasteiger partial charge >= 0.3 is 0 Å². The fourth-order valence-corrected chi connectivity index (χ4v) is 2.06. The number of aliphatic hydroxyl groups excluding tert-OH is 1. The van der Waals surface area contributed by atoms with Crippen LogP contribution in [-0.2, 0) is 0 Å². The number of nitrogens with one attached hydrogen (secondary N) is 1. The van der Waals surface area contributed by atoms with Crippen molar-refractivity contribution in [2.24, 2.45) is 11.3 Å². The van der Waals surface area contributed by atoms with Gasteiger partial charge in [0.15, 0.2) is 0 Å². The Morgan fingerprint density at radius 2 is 2.21 bits per heavy atom. The highest BCUT2D eigenvalue weighted by Gasteiger charge is 2.20. The molecule has 0 aliphatic rings. The van der Waals surface area contributed by atoms with Crippen LogP contribution in [0.5, 0.6) is 0 Å². The average Bonchev–Trinajstić information content (AvgIpc) is 2.80. The molecule has 1 rings (SSSR count). The van der Waals surface area contributed by atoms with Crippen LogP contribution >= 0.6 is 11.3 Å². The van der Waals surface area contributed by atoms with Crippen LogP contribution in [0.1, 0.15) is 42.9 Å². The molecule has 0 aliphatic carbocycles. The Balaban J connectivity index is 2.57. The number of aliphatic hydroxyl groups is 1. The summed E-state index contributed by atoms with van der Waals surface area (Å²) >= 11 is 1.41. The molecule has 0 saturated heterocycles. The monoisotopic (exact) mass is 279 g/mol. The maximum atomic E-state index is 12.0. The summed E-state index contributed by atoms with van der Waals surface area (Å²) < 4.78 is 0. The molecule has 0 saturated carbocycles. The summed E-state index contributed by atoms with van der Waals surface area (Å²) in [5, 5.41) is 13.4. The Labute approximate surface area is 119 Å². The standard InChI is InChI=1S/C15H21NO2S/c1-11(15(2,3)4)9-16-14(18)12-8-13(19-10-12)6-5-7-17/h8,10-11,17H,7,9H2,1-4H3,(H,16,18). The SMILES string of the molecule is CC(CNC(=O)c1csc(C#CCO)c1)C(C)(C)C. The molecule has 104 valence electrons.